The molecule has 1 aromatic heterocycles. The van der Waals surface area contributed by atoms with Crippen LogP contribution in [-0.2, 0) is 4.79 Å². The summed E-state index contributed by atoms with van der Waals surface area (Å²) in [6.45, 7) is 0. The van der Waals surface area contributed by atoms with Crippen LogP contribution in [0.2, 0.25) is 5.15 Å². The van der Waals surface area contributed by atoms with Gasteiger partial charge in [0.2, 0.25) is 0 Å². The number of carboxylic acids is 1. The zero-order valence-corrected chi connectivity index (χ0v) is 7.60. The Bertz CT molecular complexity index is 289. The minimum absolute atomic E-state index is 0.123. The smallest absolute Gasteiger partial charge is 0.305 e. The van der Waals surface area contributed by atoms with Crippen LogP contribution >= 0.6 is 22.9 Å². The molecule has 0 bridgehead atoms. The van der Waals surface area contributed by atoms with E-state index in [4.69, 9.17) is 22.4 Å². The Kier molecular flexibility index (Phi) is 3.02. The molecule has 6 heteroatoms. The highest BCUT2D eigenvalue weighted by Gasteiger charge is 2.15. The fourth-order valence-corrected chi connectivity index (χ4v) is 1.82. The van der Waals surface area contributed by atoms with Gasteiger partial charge in [0, 0.05) is 0 Å². The maximum absolute atomic E-state index is 10.3. The van der Waals surface area contributed by atoms with Gasteiger partial charge in [0.1, 0.15) is 5.15 Å². The summed E-state index contributed by atoms with van der Waals surface area (Å²) in [5, 5.41) is 8.73. The number of thiazole rings is 1. The largest absolute Gasteiger partial charge is 0.481 e. The SMILES string of the molecule is N[C@H](CC(=O)O)c1scnc1Cl. The van der Waals surface area contributed by atoms with Gasteiger partial charge >= 0.3 is 5.97 Å². The monoisotopic (exact) mass is 206 g/mol. The molecule has 1 rings (SSSR count). The molecule has 0 spiro atoms. The summed E-state index contributed by atoms with van der Waals surface area (Å²) >= 11 is 6.91. The van der Waals surface area contributed by atoms with E-state index >= 15 is 0 Å². The van der Waals surface area contributed by atoms with Gasteiger partial charge in [-0.2, -0.15) is 0 Å². The second kappa shape index (κ2) is 3.84. The number of carbonyl (C=O) groups is 1. The lowest BCUT2D eigenvalue weighted by Gasteiger charge is -2.04. The van der Waals surface area contributed by atoms with E-state index in [0.717, 1.165) is 0 Å². The van der Waals surface area contributed by atoms with Crippen LogP contribution in [0.3, 0.4) is 0 Å². The molecular weight excluding hydrogens is 200 g/mol. The van der Waals surface area contributed by atoms with Crippen LogP contribution in [0.4, 0.5) is 0 Å². The Labute approximate surface area is 78.0 Å². The molecule has 0 radical (unpaired) electrons. The summed E-state index contributed by atoms with van der Waals surface area (Å²) in [5.74, 6) is -0.938. The van der Waals surface area contributed by atoms with Gasteiger partial charge in [-0.1, -0.05) is 11.6 Å². The average Bonchev–Trinajstić information content (AvgIpc) is 2.33. The first-order valence-electron chi connectivity index (χ1n) is 3.17. The quantitative estimate of drug-likeness (QED) is 0.781. The number of nitrogens with two attached hydrogens (primary N) is 1. The van der Waals surface area contributed by atoms with Crippen LogP contribution in [0, 0.1) is 0 Å². The van der Waals surface area contributed by atoms with E-state index in [-0.39, 0.29) is 6.42 Å². The van der Waals surface area contributed by atoms with Crippen LogP contribution in [0.1, 0.15) is 17.3 Å². The zero-order chi connectivity index (χ0) is 9.14. The van der Waals surface area contributed by atoms with Gasteiger partial charge in [-0.3, -0.25) is 4.79 Å². The minimum Gasteiger partial charge on any atom is -0.481 e. The third kappa shape index (κ3) is 2.17. The van der Waals surface area contributed by atoms with Gasteiger partial charge in [0.15, 0.2) is 0 Å². The fourth-order valence-electron chi connectivity index (χ4n) is 0.763. The topological polar surface area (TPSA) is 76.2 Å². The summed E-state index contributed by atoms with van der Waals surface area (Å²) in [6, 6.07) is -0.553. The molecule has 0 aromatic carbocycles. The molecule has 1 atom stereocenters. The van der Waals surface area contributed by atoms with E-state index in [1.807, 2.05) is 0 Å². The molecule has 0 amide bonds. The van der Waals surface area contributed by atoms with Gasteiger partial charge in [0.05, 0.1) is 22.9 Å². The maximum Gasteiger partial charge on any atom is 0.305 e. The number of aliphatic carboxylic acids is 1. The van der Waals surface area contributed by atoms with E-state index in [9.17, 15) is 4.79 Å². The lowest BCUT2D eigenvalue weighted by molar-refractivity contribution is -0.137. The summed E-state index contributed by atoms with van der Waals surface area (Å²) in [7, 11) is 0. The molecule has 0 aliphatic rings. The molecule has 0 unspecified atom stereocenters. The first-order valence-corrected chi connectivity index (χ1v) is 4.43. The predicted molar refractivity (Wildman–Crippen MR) is 46.3 cm³/mol. The van der Waals surface area contributed by atoms with Crippen LogP contribution in [-0.4, -0.2) is 16.1 Å². The predicted octanol–water partition coefficient (Wildman–Crippen LogP) is 1.27. The van der Waals surface area contributed by atoms with E-state index in [0.29, 0.717) is 10.0 Å². The first kappa shape index (κ1) is 9.44. The summed E-state index contributed by atoms with van der Waals surface area (Å²) in [5.41, 5.74) is 7.09. The van der Waals surface area contributed by atoms with Crippen molar-refractivity contribution in [3.63, 3.8) is 0 Å². The van der Waals surface area contributed by atoms with Crippen LogP contribution in [0.15, 0.2) is 5.51 Å². The average molecular weight is 207 g/mol. The van der Waals surface area contributed by atoms with Crippen LogP contribution in [0.25, 0.3) is 0 Å². The molecular formula is C6H7ClN2O2S. The Morgan fingerprint density at radius 3 is 3.00 bits per heavy atom. The van der Waals surface area contributed by atoms with Gasteiger partial charge in [0.25, 0.3) is 0 Å². The second-order valence-electron chi connectivity index (χ2n) is 2.21. The number of carboxylic acid groups (broad SMARTS) is 1. The second-order valence-corrected chi connectivity index (χ2v) is 3.46. The van der Waals surface area contributed by atoms with Gasteiger partial charge in [-0.15, -0.1) is 11.3 Å². The maximum atomic E-state index is 10.3. The normalized spacial score (nSPS) is 12.8. The Hall–Kier alpha value is -0.650. The number of halogens is 1. The number of aromatic nitrogens is 1. The van der Waals surface area contributed by atoms with Gasteiger partial charge in [-0.25, -0.2) is 4.98 Å². The number of hydrogen-bond acceptors (Lipinski definition) is 4. The third-order valence-electron chi connectivity index (χ3n) is 1.28. The molecule has 66 valence electrons. The van der Waals surface area contributed by atoms with Crippen molar-refractivity contribution >= 4 is 28.9 Å². The molecule has 1 aromatic rings. The summed E-state index contributed by atoms with van der Waals surface area (Å²) in [4.78, 5) is 14.7. The molecule has 0 aliphatic carbocycles. The molecule has 1 heterocycles. The molecule has 4 nitrogen and oxygen atoms in total. The van der Waals surface area contributed by atoms with E-state index < -0.39 is 12.0 Å². The molecule has 0 aliphatic heterocycles. The van der Waals surface area contributed by atoms with Crippen molar-refractivity contribution in [2.24, 2.45) is 5.73 Å². The number of rotatable bonds is 3. The lowest BCUT2D eigenvalue weighted by atomic mass is 10.2. The van der Waals surface area contributed by atoms with Crippen LogP contribution in [0.5, 0.6) is 0 Å². The Morgan fingerprint density at radius 2 is 2.58 bits per heavy atom. The van der Waals surface area contributed by atoms with Crippen molar-refractivity contribution in [1.29, 1.82) is 0 Å². The fraction of sp³-hybridized carbons (Fsp3) is 0.333. The van der Waals surface area contributed by atoms with Gasteiger partial charge in [-0.05, 0) is 0 Å². The van der Waals surface area contributed by atoms with E-state index in [1.165, 1.54) is 11.3 Å². The molecule has 0 saturated heterocycles. The van der Waals surface area contributed by atoms with Crippen LogP contribution < -0.4 is 5.73 Å². The zero-order valence-electron chi connectivity index (χ0n) is 6.03. The van der Waals surface area contributed by atoms with E-state index in [1.54, 1.807) is 5.51 Å². The van der Waals surface area contributed by atoms with Crippen molar-refractivity contribution in [3.05, 3.63) is 15.5 Å². The molecule has 3 N–H and O–H groups in total. The van der Waals surface area contributed by atoms with E-state index in [2.05, 4.69) is 4.98 Å². The van der Waals surface area contributed by atoms with Crippen molar-refractivity contribution in [2.75, 3.05) is 0 Å². The first-order chi connectivity index (χ1) is 5.61. The standard InChI is InChI=1S/C6H7ClN2O2S/c7-6-5(12-2-9-6)3(8)1-4(10)11/h2-3H,1,8H2,(H,10,11)/t3-/m1/s1. The number of hydrogen-bond donors (Lipinski definition) is 2. The highest BCUT2D eigenvalue weighted by molar-refractivity contribution is 7.10. The van der Waals surface area contributed by atoms with Gasteiger partial charge < -0.3 is 10.8 Å². The van der Waals surface area contributed by atoms with Crippen molar-refractivity contribution < 1.29 is 9.90 Å². The minimum atomic E-state index is -0.938. The van der Waals surface area contributed by atoms with Crippen molar-refractivity contribution in [2.45, 2.75) is 12.5 Å². The molecule has 12 heavy (non-hydrogen) atoms. The molecule has 0 saturated carbocycles. The third-order valence-corrected chi connectivity index (χ3v) is 2.65. The lowest BCUT2D eigenvalue weighted by Crippen LogP contribution is -2.14. The van der Waals surface area contributed by atoms with Crippen molar-refractivity contribution in [3.8, 4) is 0 Å². The highest BCUT2D eigenvalue weighted by atomic mass is 35.5. The molecule has 0 fully saturated rings. The Balaban J connectivity index is 2.71. The van der Waals surface area contributed by atoms with Crippen molar-refractivity contribution in [1.82, 2.24) is 4.98 Å². The Morgan fingerprint density at radius 1 is 1.92 bits per heavy atom. The highest BCUT2D eigenvalue weighted by Crippen LogP contribution is 2.26. The summed E-state index contributed by atoms with van der Waals surface area (Å²) < 4.78 is 0. The number of nitrogens with zero attached hydrogens (tertiary/aromatic N) is 1. The summed E-state index contributed by atoms with van der Waals surface area (Å²) in [6.07, 6.45) is -0.123.